The highest BCUT2D eigenvalue weighted by Crippen LogP contribution is 2.37. The summed E-state index contributed by atoms with van der Waals surface area (Å²) >= 11 is 11.9. The number of carboxylic acid groups (broad SMARTS) is 1. The molecule has 0 radical (unpaired) electrons. The van der Waals surface area contributed by atoms with Gasteiger partial charge in [-0.05, 0) is 143 Å². The Hall–Kier alpha value is -10.2. The number of carbonyl (C=O) groups excluding carboxylic acids is 1. The van der Waals surface area contributed by atoms with E-state index in [4.69, 9.17) is 53.4 Å². The quantitative estimate of drug-likeness (QED) is 0.140. The second-order valence-electron chi connectivity index (χ2n) is 22.6. The standard InChI is InChI=1S/C15H18BN3O2.C13H17N3O.C11H11N3.C11H12N2O2.C9H6ClN3.C9H5ClN2/c1-14(2)15(3,4)21-16(20-14)12-8-10(9-17)18-13-11(12)6-7-19(13)5;1-4-9-8-11(13(17)14-5-2)15-12-10(9)6-7-16(12)3;1-3-8-6-9(7-12)13-11-10(8)4-5-14(11)2;1-3-7-6-9(11(14)15)12-10-8(7)4-5-13(10)2;1-13-3-2-7-8(10)4-6(5-11)12-9(7)13;10-8-4-6(5-11)12-9-3-1-2-7(8)9/h6-8H,1-5H3;6-8H,4-5H2,1-3H3,(H,14,17);4-6H,3H2,1-2H3;4-6H,3H2,1-2H3,(H,14,15);2-4H,1H3;1-2,4H,3H2. The molecule has 1 aliphatic heterocycles. The summed E-state index contributed by atoms with van der Waals surface area (Å²) in [6.07, 6.45) is 17.0. The Morgan fingerprint density at radius 1 is 0.543 bits per heavy atom. The SMILES string of the molecule is CCNC(=O)c1cc(CC)c2ccn(C)c2n1.CCc1cc(C#N)nc2c1ccn2C.CCc1cc(C(=O)O)nc2c1ccn2C.Cn1ccc2c(B3OC(C)(C)C(C)(C)O3)cc(C#N)nc21.Cn1ccc2c(Cl)cc(C#N)nc21.N#Cc1cc(Cl)c2c(n1)CC=C2. The average Bonchev–Trinajstić information content (AvgIpc) is 1.64. The fourth-order valence-corrected chi connectivity index (χ4v) is 10.8. The number of hydrogen-bond acceptors (Lipinski definition) is 14. The number of amides is 1. The minimum Gasteiger partial charge on any atom is -0.477 e. The van der Waals surface area contributed by atoms with Crippen molar-refractivity contribution >= 4 is 109 Å². The van der Waals surface area contributed by atoms with Crippen LogP contribution >= 0.6 is 23.2 Å². The van der Waals surface area contributed by atoms with Crippen molar-refractivity contribution in [2.24, 2.45) is 35.2 Å². The lowest BCUT2D eigenvalue weighted by molar-refractivity contribution is 0.00578. The molecule has 1 fully saturated rings. The first-order valence-corrected chi connectivity index (χ1v) is 30.4. The summed E-state index contributed by atoms with van der Waals surface area (Å²) in [4.78, 5) is 48.1. The highest BCUT2D eigenvalue weighted by Gasteiger charge is 2.52. The Kier molecular flexibility index (Phi) is 21.2. The first kappa shape index (κ1) is 67.7. The zero-order valence-corrected chi connectivity index (χ0v) is 55.1. The van der Waals surface area contributed by atoms with Crippen molar-refractivity contribution in [2.75, 3.05) is 6.54 Å². The summed E-state index contributed by atoms with van der Waals surface area (Å²) in [5, 5.41) is 53.3. The van der Waals surface area contributed by atoms with Gasteiger partial charge < -0.3 is 42.6 Å². The zero-order chi connectivity index (χ0) is 66.9. The molecule has 21 nitrogen and oxygen atoms in total. The number of nitrogens with zero attached hydrogens (tertiary/aromatic N) is 15. The Balaban J connectivity index is 0.000000143. The molecule has 2 aliphatic rings. The van der Waals surface area contributed by atoms with Crippen molar-refractivity contribution < 1.29 is 24.0 Å². The third kappa shape index (κ3) is 14.5. The highest BCUT2D eigenvalue weighted by molar-refractivity contribution is 6.65. The smallest absolute Gasteiger partial charge is 0.477 e. The van der Waals surface area contributed by atoms with Gasteiger partial charge in [-0.2, -0.15) is 21.0 Å². The van der Waals surface area contributed by atoms with E-state index in [-0.39, 0.29) is 11.6 Å². The lowest BCUT2D eigenvalue weighted by Gasteiger charge is -2.32. The molecule has 468 valence electrons. The first-order chi connectivity index (χ1) is 43.8. The highest BCUT2D eigenvalue weighted by atomic mass is 35.5. The number of carboxylic acids is 1. The van der Waals surface area contributed by atoms with Crippen LogP contribution in [-0.2, 0) is 70.2 Å². The number of nitriles is 4. The van der Waals surface area contributed by atoms with Gasteiger partial charge in [-0.3, -0.25) is 4.79 Å². The van der Waals surface area contributed by atoms with Gasteiger partial charge >= 0.3 is 13.1 Å². The summed E-state index contributed by atoms with van der Waals surface area (Å²) in [7, 11) is 9.03. The molecule has 0 spiro atoms. The van der Waals surface area contributed by atoms with E-state index in [0.29, 0.717) is 45.1 Å². The number of pyridine rings is 6. The summed E-state index contributed by atoms with van der Waals surface area (Å²) in [5.74, 6) is -1.09. The predicted octanol–water partition coefficient (Wildman–Crippen LogP) is 11.7. The number of aryl methyl sites for hydroxylation is 8. The number of aromatic nitrogens is 11. The molecule has 24 heteroatoms. The number of nitrogens with one attached hydrogen (secondary N) is 1. The van der Waals surface area contributed by atoms with E-state index in [9.17, 15) is 14.9 Å². The molecule has 2 N–H and O–H groups in total. The third-order valence-electron chi connectivity index (χ3n) is 16.0. The van der Waals surface area contributed by atoms with Crippen LogP contribution in [0.1, 0.15) is 127 Å². The molecule has 0 bridgehead atoms. The second kappa shape index (κ2) is 28.7. The van der Waals surface area contributed by atoms with Crippen LogP contribution in [0.3, 0.4) is 0 Å². The Bertz CT molecular complexity index is 4820. The first-order valence-electron chi connectivity index (χ1n) is 29.6. The van der Waals surface area contributed by atoms with Crippen LogP contribution in [0.25, 0.3) is 61.2 Å². The lowest BCUT2D eigenvalue weighted by Crippen LogP contribution is -2.41. The van der Waals surface area contributed by atoms with E-state index in [2.05, 4.69) is 61.2 Å². The van der Waals surface area contributed by atoms with E-state index in [1.165, 1.54) is 5.56 Å². The molecule has 11 aromatic heterocycles. The summed E-state index contributed by atoms with van der Waals surface area (Å²) in [6, 6.07) is 28.4. The number of aromatic carboxylic acids is 1. The van der Waals surface area contributed by atoms with Crippen molar-refractivity contribution in [3.8, 4) is 24.3 Å². The van der Waals surface area contributed by atoms with E-state index >= 15 is 0 Å². The molecule has 11 aromatic rings. The maximum Gasteiger partial charge on any atom is 0.495 e. The zero-order valence-electron chi connectivity index (χ0n) is 53.5. The Labute approximate surface area is 543 Å². The van der Waals surface area contributed by atoms with Crippen LogP contribution in [0.5, 0.6) is 0 Å². The van der Waals surface area contributed by atoms with Crippen molar-refractivity contribution in [2.45, 2.75) is 92.3 Å². The molecule has 13 rings (SSSR count). The van der Waals surface area contributed by atoms with Gasteiger partial charge in [0.05, 0.1) is 26.9 Å². The van der Waals surface area contributed by atoms with Gasteiger partial charge in [0.2, 0.25) is 0 Å². The largest absolute Gasteiger partial charge is 0.495 e. The minimum atomic E-state index is -0.979. The van der Waals surface area contributed by atoms with Crippen molar-refractivity contribution in [3.63, 3.8) is 0 Å². The van der Waals surface area contributed by atoms with Gasteiger partial charge in [-0.1, -0.05) is 56.1 Å². The monoisotopic (exact) mass is 1270 g/mol. The lowest BCUT2D eigenvalue weighted by atomic mass is 9.77. The molecule has 0 atom stereocenters. The summed E-state index contributed by atoms with van der Waals surface area (Å²) in [6.45, 7) is 16.8. The van der Waals surface area contributed by atoms with Crippen LogP contribution in [0.15, 0.2) is 104 Å². The van der Waals surface area contributed by atoms with E-state index in [1.807, 2.05) is 197 Å². The fraction of sp³-hybridized carbons (Fsp3) is 0.294. The van der Waals surface area contributed by atoms with E-state index < -0.39 is 24.3 Å². The number of allylic oxidation sites excluding steroid dienone is 1. The Morgan fingerprint density at radius 2 is 0.924 bits per heavy atom. The topological polar surface area (TPSA) is 282 Å². The van der Waals surface area contributed by atoms with Gasteiger partial charge in [-0.25, -0.2) is 34.7 Å². The van der Waals surface area contributed by atoms with E-state index in [1.54, 1.807) is 24.3 Å². The maximum absolute atomic E-state index is 11.8. The number of carbonyl (C=O) groups is 2. The molecule has 1 aliphatic carbocycles. The molecule has 12 heterocycles. The number of hydrogen-bond donors (Lipinski definition) is 2. The molecule has 1 saturated heterocycles. The van der Waals surface area contributed by atoms with Crippen LogP contribution in [0.4, 0.5) is 0 Å². The molecule has 0 aromatic carbocycles. The van der Waals surface area contributed by atoms with Gasteiger partial charge in [0.15, 0.2) is 5.69 Å². The van der Waals surface area contributed by atoms with Crippen molar-refractivity contribution in [3.05, 3.63) is 176 Å². The molecule has 0 saturated carbocycles. The normalized spacial score (nSPS) is 13.0. The fourth-order valence-electron chi connectivity index (χ4n) is 10.3. The van der Waals surface area contributed by atoms with Gasteiger partial charge in [0.1, 0.15) is 81.0 Å². The maximum atomic E-state index is 11.8. The predicted molar refractivity (Wildman–Crippen MR) is 358 cm³/mol. The third-order valence-corrected chi connectivity index (χ3v) is 16.6. The molecular formula is C68H69BCl2N16O5. The number of fused-ring (bicyclic) bond motifs is 6. The van der Waals surface area contributed by atoms with Gasteiger partial charge in [0.25, 0.3) is 5.91 Å². The van der Waals surface area contributed by atoms with Crippen molar-refractivity contribution in [1.82, 2.24) is 58.1 Å². The molecule has 1 amide bonds. The molecule has 92 heavy (non-hydrogen) atoms. The number of halogens is 2. The second-order valence-corrected chi connectivity index (χ2v) is 23.4. The van der Waals surface area contributed by atoms with Crippen molar-refractivity contribution in [1.29, 1.82) is 21.0 Å². The average molecular weight is 1270 g/mol. The van der Waals surface area contributed by atoms with E-state index in [0.717, 1.165) is 109 Å². The van der Waals surface area contributed by atoms with Gasteiger partial charge in [0, 0.05) is 112 Å². The van der Waals surface area contributed by atoms with Crippen LogP contribution in [-0.4, -0.2) is 94.6 Å². The summed E-state index contributed by atoms with van der Waals surface area (Å²) < 4.78 is 21.6. The van der Waals surface area contributed by atoms with Crippen LogP contribution in [0, 0.1) is 45.3 Å². The minimum absolute atomic E-state index is 0.106. The van der Waals surface area contributed by atoms with Crippen LogP contribution in [0.2, 0.25) is 10.0 Å². The molecular weight excluding hydrogens is 1200 g/mol. The van der Waals surface area contributed by atoms with Gasteiger partial charge in [-0.15, -0.1) is 0 Å². The number of rotatable bonds is 7. The summed E-state index contributed by atoms with van der Waals surface area (Å²) in [5.41, 5.74) is 11.5. The Morgan fingerprint density at radius 3 is 1.39 bits per heavy atom. The molecule has 0 unspecified atom stereocenters. The van der Waals surface area contributed by atoms with Crippen LogP contribution < -0.4 is 10.8 Å².